The van der Waals surface area contributed by atoms with Crippen molar-refractivity contribution in [1.29, 1.82) is 0 Å². The van der Waals surface area contributed by atoms with Crippen LogP contribution in [0.2, 0.25) is 0 Å². The number of aromatic nitrogens is 1. The Morgan fingerprint density at radius 3 is 2.67 bits per heavy atom. The zero-order valence-corrected chi connectivity index (χ0v) is 15.7. The molecule has 2 saturated heterocycles. The summed E-state index contributed by atoms with van der Waals surface area (Å²) in [5.74, 6) is 0.0998. The fourth-order valence-electron chi connectivity index (χ4n) is 4.00. The van der Waals surface area contributed by atoms with E-state index in [-0.39, 0.29) is 12.0 Å². The Balaban J connectivity index is 1.47. The van der Waals surface area contributed by atoms with Gasteiger partial charge in [0.05, 0.1) is 6.10 Å². The number of benzene rings is 1. The average molecular weight is 365 g/mol. The number of carbonyl (C=O) groups excluding carboxylic acids is 1. The maximum absolute atomic E-state index is 13.2. The molecule has 2 aliphatic heterocycles. The van der Waals surface area contributed by atoms with Crippen LogP contribution in [0.5, 0.6) is 0 Å². The van der Waals surface area contributed by atoms with E-state index in [0.717, 1.165) is 55.9 Å². The fourth-order valence-corrected chi connectivity index (χ4v) is 4.00. The molecule has 0 unspecified atom stereocenters. The van der Waals surface area contributed by atoms with Gasteiger partial charge in [0, 0.05) is 44.2 Å². The number of likely N-dealkylation sites (tertiary alicyclic amines) is 1. The number of ether oxygens (including phenoxy) is 1. The Kier molecular flexibility index (Phi) is 5.80. The maximum atomic E-state index is 13.2. The summed E-state index contributed by atoms with van der Waals surface area (Å²) in [4.78, 5) is 21.7. The number of hydrogen-bond donors (Lipinski definition) is 0. The molecule has 5 heteroatoms. The molecule has 0 saturated carbocycles. The van der Waals surface area contributed by atoms with Gasteiger partial charge in [0.25, 0.3) is 5.91 Å². The summed E-state index contributed by atoms with van der Waals surface area (Å²) in [6.07, 6.45) is 7.11. The molecule has 5 nitrogen and oxygen atoms in total. The van der Waals surface area contributed by atoms with E-state index in [0.29, 0.717) is 6.54 Å². The van der Waals surface area contributed by atoms with Gasteiger partial charge < -0.3 is 14.5 Å². The summed E-state index contributed by atoms with van der Waals surface area (Å²) in [7, 11) is 0. The van der Waals surface area contributed by atoms with Gasteiger partial charge in [-0.05, 0) is 67.7 Å². The quantitative estimate of drug-likeness (QED) is 0.835. The first-order valence-corrected chi connectivity index (χ1v) is 9.93. The molecule has 1 aromatic heterocycles. The second kappa shape index (κ2) is 8.63. The van der Waals surface area contributed by atoms with Crippen LogP contribution in [-0.2, 0) is 4.74 Å². The van der Waals surface area contributed by atoms with Gasteiger partial charge in [0.15, 0.2) is 0 Å². The standard InChI is InChI=1S/C22H27N3O2/c26-22(20-6-3-5-19(15-20)18-7-9-23-10-8-18)25-13-4-14-27-21(17-25)16-24-11-1-2-12-24/h3,5-10,15,21H,1-2,4,11-14,16-17H2/t21-/m1/s1. The van der Waals surface area contributed by atoms with Crippen LogP contribution in [0, 0.1) is 0 Å². The topological polar surface area (TPSA) is 45.7 Å². The van der Waals surface area contributed by atoms with Gasteiger partial charge in [-0.2, -0.15) is 0 Å². The smallest absolute Gasteiger partial charge is 0.253 e. The fraction of sp³-hybridized carbons (Fsp3) is 0.455. The molecule has 0 bridgehead atoms. The molecule has 1 amide bonds. The lowest BCUT2D eigenvalue weighted by Crippen LogP contribution is -2.41. The van der Waals surface area contributed by atoms with Crippen molar-refractivity contribution in [2.24, 2.45) is 0 Å². The molecule has 4 rings (SSSR count). The molecule has 2 aromatic rings. The largest absolute Gasteiger partial charge is 0.375 e. The average Bonchev–Trinajstić information content (AvgIpc) is 3.12. The Labute approximate surface area is 161 Å². The molecule has 2 fully saturated rings. The van der Waals surface area contributed by atoms with Crippen molar-refractivity contribution in [3.05, 3.63) is 54.4 Å². The first-order valence-electron chi connectivity index (χ1n) is 9.93. The number of pyridine rings is 1. The van der Waals surface area contributed by atoms with Gasteiger partial charge in [-0.25, -0.2) is 0 Å². The van der Waals surface area contributed by atoms with Gasteiger partial charge in [-0.1, -0.05) is 12.1 Å². The molecule has 1 atom stereocenters. The predicted octanol–water partition coefficient (Wildman–Crippen LogP) is 3.08. The molecular formula is C22H27N3O2. The third kappa shape index (κ3) is 4.54. The molecule has 1 aromatic carbocycles. The molecule has 0 spiro atoms. The van der Waals surface area contributed by atoms with Crippen LogP contribution < -0.4 is 0 Å². The van der Waals surface area contributed by atoms with E-state index in [1.54, 1.807) is 12.4 Å². The Hall–Kier alpha value is -2.24. The SMILES string of the molecule is O=C(c1cccc(-c2ccncc2)c1)N1CCCO[C@H](CN2CCCC2)C1. The van der Waals surface area contributed by atoms with Crippen LogP contribution in [0.25, 0.3) is 11.1 Å². The Bertz CT molecular complexity index is 759. The summed E-state index contributed by atoms with van der Waals surface area (Å²) in [5.41, 5.74) is 2.86. The third-order valence-electron chi connectivity index (χ3n) is 5.42. The Morgan fingerprint density at radius 1 is 1.04 bits per heavy atom. The lowest BCUT2D eigenvalue weighted by molar-refractivity contribution is 0.0297. The van der Waals surface area contributed by atoms with E-state index in [1.807, 2.05) is 41.3 Å². The van der Waals surface area contributed by atoms with Crippen molar-refractivity contribution < 1.29 is 9.53 Å². The van der Waals surface area contributed by atoms with E-state index < -0.39 is 0 Å². The minimum Gasteiger partial charge on any atom is -0.375 e. The van der Waals surface area contributed by atoms with Crippen LogP contribution in [0.1, 0.15) is 29.6 Å². The highest BCUT2D eigenvalue weighted by atomic mass is 16.5. The van der Waals surface area contributed by atoms with Crippen LogP contribution in [0.4, 0.5) is 0 Å². The molecule has 27 heavy (non-hydrogen) atoms. The number of nitrogens with zero attached hydrogens (tertiary/aromatic N) is 3. The van der Waals surface area contributed by atoms with Gasteiger partial charge in [0.1, 0.15) is 0 Å². The lowest BCUT2D eigenvalue weighted by atomic mass is 10.0. The van der Waals surface area contributed by atoms with Crippen LogP contribution >= 0.6 is 0 Å². The number of hydrogen-bond acceptors (Lipinski definition) is 4. The predicted molar refractivity (Wildman–Crippen MR) is 106 cm³/mol. The van der Waals surface area contributed by atoms with Gasteiger partial charge >= 0.3 is 0 Å². The highest BCUT2D eigenvalue weighted by Gasteiger charge is 2.26. The van der Waals surface area contributed by atoms with Crippen LogP contribution in [0.15, 0.2) is 48.8 Å². The van der Waals surface area contributed by atoms with E-state index in [1.165, 1.54) is 12.8 Å². The van der Waals surface area contributed by atoms with E-state index in [4.69, 9.17) is 4.74 Å². The highest BCUT2D eigenvalue weighted by Crippen LogP contribution is 2.21. The summed E-state index contributed by atoms with van der Waals surface area (Å²) >= 11 is 0. The number of carbonyl (C=O) groups is 1. The summed E-state index contributed by atoms with van der Waals surface area (Å²) < 4.78 is 6.03. The van der Waals surface area contributed by atoms with Crippen molar-refractivity contribution >= 4 is 5.91 Å². The van der Waals surface area contributed by atoms with Gasteiger partial charge in [-0.3, -0.25) is 9.78 Å². The van der Waals surface area contributed by atoms with E-state index in [9.17, 15) is 4.79 Å². The minimum atomic E-state index is 0.0998. The zero-order chi connectivity index (χ0) is 18.5. The zero-order valence-electron chi connectivity index (χ0n) is 15.7. The van der Waals surface area contributed by atoms with Crippen molar-refractivity contribution in [3.8, 4) is 11.1 Å². The molecule has 2 aliphatic rings. The van der Waals surface area contributed by atoms with Crippen molar-refractivity contribution in [2.75, 3.05) is 39.3 Å². The molecule has 0 radical (unpaired) electrons. The number of amides is 1. The first-order chi connectivity index (χ1) is 13.3. The summed E-state index contributed by atoms with van der Waals surface area (Å²) in [5, 5.41) is 0. The van der Waals surface area contributed by atoms with Crippen molar-refractivity contribution in [2.45, 2.75) is 25.4 Å². The minimum absolute atomic E-state index is 0.0998. The van der Waals surface area contributed by atoms with Crippen molar-refractivity contribution in [1.82, 2.24) is 14.8 Å². The number of rotatable bonds is 4. The molecule has 142 valence electrons. The maximum Gasteiger partial charge on any atom is 0.253 e. The van der Waals surface area contributed by atoms with Gasteiger partial charge in [-0.15, -0.1) is 0 Å². The lowest BCUT2D eigenvalue weighted by Gasteiger charge is -2.27. The second-order valence-electron chi connectivity index (χ2n) is 7.42. The summed E-state index contributed by atoms with van der Waals surface area (Å²) in [6.45, 7) is 5.41. The van der Waals surface area contributed by atoms with Crippen molar-refractivity contribution in [3.63, 3.8) is 0 Å². The van der Waals surface area contributed by atoms with Gasteiger partial charge in [0.2, 0.25) is 0 Å². The first kappa shape index (κ1) is 18.1. The Morgan fingerprint density at radius 2 is 1.85 bits per heavy atom. The summed E-state index contributed by atoms with van der Waals surface area (Å²) in [6, 6.07) is 11.8. The molecular weight excluding hydrogens is 338 g/mol. The van der Waals surface area contributed by atoms with Crippen LogP contribution in [-0.4, -0.2) is 66.1 Å². The monoisotopic (exact) mass is 365 g/mol. The normalized spacial score (nSPS) is 21.2. The molecule has 3 heterocycles. The highest BCUT2D eigenvalue weighted by molar-refractivity contribution is 5.95. The van der Waals surface area contributed by atoms with E-state index in [2.05, 4.69) is 9.88 Å². The van der Waals surface area contributed by atoms with E-state index >= 15 is 0 Å². The molecule has 0 N–H and O–H groups in total. The van der Waals surface area contributed by atoms with Crippen LogP contribution in [0.3, 0.4) is 0 Å². The second-order valence-corrected chi connectivity index (χ2v) is 7.42. The molecule has 0 aliphatic carbocycles. The third-order valence-corrected chi connectivity index (χ3v) is 5.42.